The van der Waals surface area contributed by atoms with Crippen LogP contribution in [0, 0.1) is 0 Å². The van der Waals surface area contributed by atoms with Gasteiger partial charge in [0.05, 0.1) is 16.6 Å². The molecule has 0 bridgehead atoms. The molecule has 7 nitrogen and oxygen atoms in total. The zero-order chi connectivity index (χ0) is 16.7. The van der Waals surface area contributed by atoms with Gasteiger partial charge in [0.15, 0.2) is 12.0 Å². The number of aromatic amines is 1. The molecular weight excluding hydrogens is 306 g/mol. The van der Waals surface area contributed by atoms with E-state index in [9.17, 15) is 9.59 Å². The van der Waals surface area contributed by atoms with Crippen molar-refractivity contribution < 1.29 is 9.59 Å². The highest BCUT2D eigenvalue weighted by atomic mass is 16.2. The second kappa shape index (κ2) is 5.38. The van der Waals surface area contributed by atoms with Crippen molar-refractivity contribution in [2.45, 2.75) is 13.1 Å². The number of H-pyrrole nitrogens is 1. The van der Waals surface area contributed by atoms with Gasteiger partial charge in [0.1, 0.15) is 0 Å². The van der Waals surface area contributed by atoms with Crippen LogP contribution in [0.5, 0.6) is 0 Å². The predicted molar refractivity (Wildman–Crippen MR) is 88.9 cm³/mol. The standard InChI is InChI=1S/C17H15N5O2/c1-10(23)21-22-16(15-18-13-8-4-5-9-14(13)19-15)20-12-7-3-2-6-11(12)17(22)24/h2-9,16,20H,1H3,(H,18,19)(H,21,23)/t16-/m0/s1. The number of hydrogen-bond acceptors (Lipinski definition) is 4. The number of benzene rings is 2. The highest BCUT2D eigenvalue weighted by molar-refractivity contribution is 6.02. The summed E-state index contributed by atoms with van der Waals surface area (Å²) in [5.74, 6) is -0.0662. The van der Waals surface area contributed by atoms with Crippen molar-refractivity contribution in [3.8, 4) is 0 Å². The fourth-order valence-electron chi connectivity index (χ4n) is 2.83. The number of nitrogens with one attached hydrogen (secondary N) is 3. The number of carbonyl (C=O) groups excluding carboxylic acids is 2. The minimum atomic E-state index is -0.622. The van der Waals surface area contributed by atoms with Gasteiger partial charge >= 0.3 is 0 Å². The molecule has 0 saturated heterocycles. The van der Waals surface area contributed by atoms with Crippen molar-refractivity contribution in [3.05, 3.63) is 59.9 Å². The first-order valence-electron chi connectivity index (χ1n) is 7.54. The molecular formula is C17H15N5O2. The van der Waals surface area contributed by atoms with Gasteiger partial charge in [-0.25, -0.2) is 9.99 Å². The molecule has 0 spiro atoms. The zero-order valence-corrected chi connectivity index (χ0v) is 12.9. The fraction of sp³-hybridized carbons (Fsp3) is 0.118. The van der Waals surface area contributed by atoms with Crippen molar-refractivity contribution in [2.75, 3.05) is 5.32 Å². The monoisotopic (exact) mass is 321 g/mol. The minimum Gasteiger partial charge on any atom is -0.357 e. The smallest absolute Gasteiger partial charge is 0.276 e. The third-order valence-corrected chi connectivity index (χ3v) is 3.87. The third kappa shape index (κ3) is 2.26. The van der Waals surface area contributed by atoms with E-state index in [0.717, 1.165) is 11.0 Å². The Bertz CT molecular complexity index is 916. The van der Waals surface area contributed by atoms with Crippen LogP contribution in [-0.4, -0.2) is 26.8 Å². The van der Waals surface area contributed by atoms with Crippen LogP contribution >= 0.6 is 0 Å². The predicted octanol–water partition coefficient (Wildman–Crippen LogP) is 2.18. The molecule has 0 fully saturated rings. The lowest BCUT2D eigenvalue weighted by molar-refractivity contribution is -0.123. The number of anilines is 1. The Morgan fingerprint density at radius 1 is 1.17 bits per heavy atom. The summed E-state index contributed by atoms with van der Waals surface area (Å²) in [4.78, 5) is 32.1. The lowest BCUT2D eigenvalue weighted by Gasteiger charge is -2.36. The maximum absolute atomic E-state index is 12.8. The number of fused-ring (bicyclic) bond motifs is 2. The number of amides is 2. The summed E-state index contributed by atoms with van der Waals surface area (Å²) < 4.78 is 0. The molecule has 1 atom stereocenters. The van der Waals surface area contributed by atoms with Gasteiger partial charge < -0.3 is 10.3 Å². The number of para-hydroxylation sites is 3. The Kier molecular flexibility index (Phi) is 3.19. The number of nitrogens with zero attached hydrogens (tertiary/aromatic N) is 2. The number of carbonyl (C=O) groups is 2. The first kappa shape index (κ1) is 14.3. The third-order valence-electron chi connectivity index (χ3n) is 3.87. The Hall–Kier alpha value is -3.35. The average molecular weight is 321 g/mol. The summed E-state index contributed by atoms with van der Waals surface area (Å²) in [6, 6.07) is 14.8. The van der Waals surface area contributed by atoms with Gasteiger partial charge in [-0.3, -0.25) is 15.0 Å². The van der Waals surface area contributed by atoms with Crippen LogP contribution in [0.15, 0.2) is 48.5 Å². The van der Waals surface area contributed by atoms with Crippen LogP contribution in [0.1, 0.15) is 29.3 Å². The Labute approximate surface area is 137 Å². The van der Waals surface area contributed by atoms with Gasteiger partial charge in [0, 0.05) is 12.6 Å². The second-order valence-electron chi connectivity index (χ2n) is 5.57. The lowest BCUT2D eigenvalue weighted by atomic mass is 10.1. The van der Waals surface area contributed by atoms with Crippen LogP contribution in [0.25, 0.3) is 11.0 Å². The molecule has 4 rings (SSSR count). The maximum Gasteiger partial charge on any atom is 0.276 e. The number of aromatic nitrogens is 2. The van der Waals surface area contributed by atoms with Gasteiger partial charge in [0.25, 0.3) is 5.91 Å². The van der Waals surface area contributed by atoms with E-state index in [2.05, 4.69) is 20.7 Å². The molecule has 0 radical (unpaired) electrons. The van der Waals surface area contributed by atoms with E-state index in [0.29, 0.717) is 17.1 Å². The van der Waals surface area contributed by atoms with E-state index in [1.807, 2.05) is 36.4 Å². The molecule has 2 heterocycles. The van der Waals surface area contributed by atoms with Crippen molar-refractivity contribution in [1.29, 1.82) is 0 Å². The lowest BCUT2D eigenvalue weighted by Crippen LogP contribution is -2.52. The molecule has 0 aliphatic carbocycles. The maximum atomic E-state index is 12.8. The van der Waals surface area contributed by atoms with E-state index < -0.39 is 6.17 Å². The Morgan fingerprint density at radius 2 is 1.92 bits per heavy atom. The topological polar surface area (TPSA) is 90.1 Å². The van der Waals surface area contributed by atoms with Crippen LogP contribution in [0.2, 0.25) is 0 Å². The highest BCUT2D eigenvalue weighted by Gasteiger charge is 2.35. The number of hydrazine groups is 1. The Morgan fingerprint density at radius 3 is 2.71 bits per heavy atom. The molecule has 24 heavy (non-hydrogen) atoms. The van der Waals surface area contributed by atoms with Gasteiger partial charge in [-0.1, -0.05) is 24.3 Å². The number of rotatable bonds is 2. The molecule has 3 aromatic rings. The molecule has 7 heteroatoms. The van der Waals surface area contributed by atoms with Crippen molar-refractivity contribution in [1.82, 2.24) is 20.4 Å². The van der Waals surface area contributed by atoms with E-state index in [4.69, 9.17) is 0 Å². The van der Waals surface area contributed by atoms with Crippen LogP contribution < -0.4 is 10.7 Å². The molecule has 1 aliphatic rings. The largest absolute Gasteiger partial charge is 0.357 e. The zero-order valence-electron chi connectivity index (χ0n) is 12.9. The number of imidazole rings is 1. The summed E-state index contributed by atoms with van der Waals surface area (Å²) >= 11 is 0. The van der Waals surface area contributed by atoms with Crippen LogP contribution in [0.3, 0.4) is 0 Å². The highest BCUT2D eigenvalue weighted by Crippen LogP contribution is 2.31. The summed E-state index contributed by atoms with van der Waals surface area (Å²) in [6.45, 7) is 1.36. The van der Waals surface area contributed by atoms with Crippen molar-refractivity contribution >= 4 is 28.5 Å². The van der Waals surface area contributed by atoms with Gasteiger partial charge in [0.2, 0.25) is 5.91 Å². The van der Waals surface area contributed by atoms with Crippen molar-refractivity contribution in [3.63, 3.8) is 0 Å². The van der Waals surface area contributed by atoms with Crippen LogP contribution in [0.4, 0.5) is 5.69 Å². The summed E-state index contributed by atoms with van der Waals surface area (Å²) in [5, 5.41) is 4.52. The summed E-state index contributed by atoms with van der Waals surface area (Å²) in [5.41, 5.74) is 5.45. The SMILES string of the molecule is CC(=O)NN1C(=O)c2ccccc2N[C@@H]1c1nc2ccccc2[nH]1. The van der Waals surface area contributed by atoms with Gasteiger partial charge in [-0.2, -0.15) is 0 Å². The van der Waals surface area contributed by atoms with E-state index in [1.54, 1.807) is 12.1 Å². The molecule has 2 amide bonds. The summed E-state index contributed by atoms with van der Waals surface area (Å²) in [7, 11) is 0. The molecule has 2 aromatic carbocycles. The first-order valence-corrected chi connectivity index (χ1v) is 7.54. The van der Waals surface area contributed by atoms with Crippen molar-refractivity contribution in [2.24, 2.45) is 0 Å². The summed E-state index contributed by atoms with van der Waals surface area (Å²) in [6.07, 6.45) is -0.622. The average Bonchev–Trinajstić information content (AvgIpc) is 3.01. The molecule has 3 N–H and O–H groups in total. The van der Waals surface area contributed by atoms with Gasteiger partial charge in [-0.05, 0) is 24.3 Å². The number of hydrogen-bond donors (Lipinski definition) is 3. The quantitative estimate of drug-likeness (QED) is 0.675. The molecule has 1 aliphatic heterocycles. The normalized spacial score (nSPS) is 16.6. The first-order chi connectivity index (χ1) is 11.6. The second-order valence-corrected chi connectivity index (χ2v) is 5.57. The molecule has 0 unspecified atom stereocenters. The van der Waals surface area contributed by atoms with E-state index >= 15 is 0 Å². The van der Waals surface area contributed by atoms with E-state index in [1.165, 1.54) is 11.9 Å². The van der Waals surface area contributed by atoms with Crippen LogP contribution in [-0.2, 0) is 4.79 Å². The van der Waals surface area contributed by atoms with E-state index in [-0.39, 0.29) is 11.8 Å². The van der Waals surface area contributed by atoms with Gasteiger partial charge in [-0.15, -0.1) is 0 Å². The molecule has 0 saturated carbocycles. The minimum absolute atomic E-state index is 0.287. The Balaban J connectivity index is 1.81. The fourth-order valence-corrected chi connectivity index (χ4v) is 2.83. The molecule has 1 aromatic heterocycles. The molecule has 120 valence electrons.